The maximum absolute atomic E-state index is 13.4. The summed E-state index contributed by atoms with van der Waals surface area (Å²) in [5.74, 6) is -0.0258. The minimum absolute atomic E-state index is 0.103. The van der Waals surface area contributed by atoms with Gasteiger partial charge in [0.2, 0.25) is 15.9 Å². The molecule has 0 radical (unpaired) electrons. The summed E-state index contributed by atoms with van der Waals surface area (Å²) in [6.07, 6.45) is 3.24. The predicted molar refractivity (Wildman–Crippen MR) is 121 cm³/mol. The molecule has 6 nitrogen and oxygen atoms in total. The van der Waals surface area contributed by atoms with Gasteiger partial charge < -0.3 is 9.64 Å². The highest BCUT2D eigenvalue weighted by atomic mass is 32.2. The quantitative estimate of drug-likeness (QED) is 0.630. The predicted octanol–water partition coefficient (Wildman–Crippen LogP) is 3.67. The Kier molecular flexibility index (Phi) is 7.11. The number of thiophene rings is 1. The first-order valence-corrected chi connectivity index (χ1v) is 13.2. The number of piperidine rings is 1. The van der Waals surface area contributed by atoms with Crippen molar-refractivity contribution in [2.75, 3.05) is 26.2 Å². The normalized spacial score (nSPS) is 20.7. The van der Waals surface area contributed by atoms with Gasteiger partial charge in [0.15, 0.2) is 0 Å². The van der Waals surface area contributed by atoms with Gasteiger partial charge >= 0.3 is 0 Å². The highest BCUT2D eigenvalue weighted by Gasteiger charge is 2.34. The van der Waals surface area contributed by atoms with E-state index in [2.05, 4.69) is 6.07 Å². The lowest BCUT2D eigenvalue weighted by Gasteiger charge is -2.34. The topological polar surface area (TPSA) is 66.9 Å². The third-order valence-electron chi connectivity index (χ3n) is 6.15. The highest BCUT2D eigenvalue weighted by molar-refractivity contribution is 7.89. The van der Waals surface area contributed by atoms with Gasteiger partial charge in [0.1, 0.15) is 0 Å². The summed E-state index contributed by atoms with van der Waals surface area (Å²) in [6.45, 7) is 4.66. The molecule has 1 aromatic carbocycles. The summed E-state index contributed by atoms with van der Waals surface area (Å²) in [5, 5.41) is 2.03. The van der Waals surface area contributed by atoms with Crippen LogP contribution in [0.5, 0.6) is 0 Å². The van der Waals surface area contributed by atoms with Crippen molar-refractivity contribution in [1.82, 2.24) is 9.21 Å². The van der Waals surface area contributed by atoms with Gasteiger partial charge in [0, 0.05) is 37.0 Å². The van der Waals surface area contributed by atoms with E-state index in [4.69, 9.17) is 4.74 Å². The van der Waals surface area contributed by atoms with E-state index in [9.17, 15) is 13.2 Å². The molecule has 168 valence electrons. The number of hydrogen-bond donors (Lipinski definition) is 0. The zero-order valence-electron chi connectivity index (χ0n) is 17.9. The molecular formula is C23H30N2O4S2. The minimum Gasteiger partial charge on any atom is -0.376 e. The molecule has 2 aromatic rings. The third-order valence-corrected chi connectivity index (χ3v) is 8.92. The number of carbonyl (C=O) groups is 1. The van der Waals surface area contributed by atoms with E-state index in [1.54, 1.807) is 23.5 Å². The van der Waals surface area contributed by atoms with E-state index < -0.39 is 10.0 Å². The smallest absolute Gasteiger partial charge is 0.243 e. The van der Waals surface area contributed by atoms with E-state index in [1.165, 1.54) is 4.31 Å². The standard InChI is InChI=1S/C23H30N2O4S2/c1-18-6-8-22(9-7-18)31(27,28)25-12-10-19(11-13-25)23(26)24(16-20-4-2-14-29-20)17-21-5-3-15-30-21/h3,5-9,15,19-20H,2,4,10-14,16-17H2,1H3. The molecule has 31 heavy (non-hydrogen) atoms. The van der Waals surface area contributed by atoms with Gasteiger partial charge in [-0.1, -0.05) is 23.8 Å². The number of amides is 1. The zero-order valence-corrected chi connectivity index (χ0v) is 19.5. The summed E-state index contributed by atoms with van der Waals surface area (Å²) < 4.78 is 33.2. The molecule has 4 rings (SSSR count). The lowest BCUT2D eigenvalue weighted by molar-refractivity contribution is -0.139. The lowest BCUT2D eigenvalue weighted by atomic mass is 9.96. The fourth-order valence-corrected chi connectivity index (χ4v) is 6.51. The number of nitrogens with zero attached hydrogens (tertiary/aromatic N) is 2. The van der Waals surface area contributed by atoms with Gasteiger partial charge in [0.25, 0.3) is 0 Å². The van der Waals surface area contributed by atoms with Crippen LogP contribution in [0.3, 0.4) is 0 Å². The van der Waals surface area contributed by atoms with Crippen molar-refractivity contribution < 1.29 is 17.9 Å². The fraction of sp³-hybridized carbons (Fsp3) is 0.522. The number of ether oxygens (including phenoxy) is 1. The van der Waals surface area contributed by atoms with Crippen LogP contribution in [0, 0.1) is 12.8 Å². The molecular weight excluding hydrogens is 432 g/mol. The molecule has 0 aliphatic carbocycles. The van der Waals surface area contributed by atoms with E-state index in [0.717, 1.165) is 29.9 Å². The molecule has 0 N–H and O–H groups in total. The largest absolute Gasteiger partial charge is 0.376 e. The molecule has 2 fully saturated rings. The summed E-state index contributed by atoms with van der Waals surface area (Å²) in [6, 6.07) is 11.0. The van der Waals surface area contributed by atoms with E-state index in [-0.39, 0.29) is 17.9 Å². The Morgan fingerprint density at radius 3 is 2.52 bits per heavy atom. The second-order valence-electron chi connectivity index (χ2n) is 8.42. The Morgan fingerprint density at radius 2 is 1.90 bits per heavy atom. The highest BCUT2D eigenvalue weighted by Crippen LogP contribution is 2.27. The van der Waals surface area contributed by atoms with Crippen LogP contribution >= 0.6 is 11.3 Å². The molecule has 8 heteroatoms. The molecule has 2 saturated heterocycles. The van der Waals surface area contributed by atoms with Crippen molar-refractivity contribution in [2.45, 2.75) is 50.2 Å². The van der Waals surface area contributed by atoms with Crippen LogP contribution in [0.4, 0.5) is 0 Å². The third kappa shape index (κ3) is 5.37. The lowest BCUT2D eigenvalue weighted by Crippen LogP contribution is -2.45. The molecule has 2 aliphatic heterocycles. The number of hydrogen-bond acceptors (Lipinski definition) is 5. The molecule has 1 aromatic heterocycles. The van der Waals surface area contributed by atoms with Gasteiger partial charge in [-0.2, -0.15) is 4.31 Å². The SMILES string of the molecule is Cc1ccc(S(=O)(=O)N2CCC(C(=O)N(Cc3cccs3)CC3CCCO3)CC2)cc1. The van der Waals surface area contributed by atoms with Crippen molar-refractivity contribution in [1.29, 1.82) is 0 Å². The van der Waals surface area contributed by atoms with Crippen molar-refractivity contribution >= 4 is 27.3 Å². The fourth-order valence-electron chi connectivity index (χ4n) is 4.32. The van der Waals surface area contributed by atoms with Gasteiger partial charge in [0.05, 0.1) is 17.5 Å². The maximum Gasteiger partial charge on any atom is 0.243 e. The Morgan fingerprint density at radius 1 is 1.16 bits per heavy atom. The van der Waals surface area contributed by atoms with Crippen LogP contribution in [-0.4, -0.2) is 55.9 Å². The molecule has 0 bridgehead atoms. The van der Waals surface area contributed by atoms with Crippen molar-refractivity contribution in [3.63, 3.8) is 0 Å². The van der Waals surface area contributed by atoms with Gasteiger partial charge in [-0.25, -0.2) is 8.42 Å². The Balaban J connectivity index is 1.40. The second kappa shape index (κ2) is 9.81. The Hall–Kier alpha value is -1.74. The summed E-state index contributed by atoms with van der Waals surface area (Å²) >= 11 is 1.65. The first kappa shape index (κ1) is 22.5. The van der Waals surface area contributed by atoms with E-state index in [0.29, 0.717) is 43.9 Å². The monoisotopic (exact) mass is 462 g/mol. The summed E-state index contributed by atoms with van der Waals surface area (Å²) in [7, 11) is -3.52. The van der Waals surface area contributed by atoms with Gasteiger partial charge in [-0.05, 0) is 56.2 Å². The van der Waals surface area contributed by atoms with E-state index >= 15 is 0 Å². The number of benzene rings is 1. The minimum atomic E-state index is -3.52. The van der Waals surface area contributed by atoms with Crippen LogP contribution in [0.15, 0.2) is 46.7 Å². The molecule has 3 heterocycles. The average Bonchev–Trinajstić information content (AvgIpc) is 3.48. The summed E-state index contributed by atoms with van der Waals surface area (Å²) in [5.41, 5.74) is 1.03. The second-order valence-corrected chi connectivity index (χ2v) is 11.4. The molecule has 1 atom stereocenters. The zero-order chi connectivity index (χ0) is 21.8. The first-order valence-electron chi connectivity index (χ1n) is 10.9. The molecule has 2 aliphatic rings. The van der Waals surface area contributed by atoms with E-state index in [1.807, 2.05) is 35.4 Å². The van der Waals surface area contributed by atoms with Crippen LogP contribution in [0.2, 0.25) is 0 Å². The van der Waals surface area contributed by atoms with Crippen molar-refractivity contribution in [3.8, 4) is 0 Å². The summed E-state index contributed by atoms with van der Waals surface area (Å²) in [4.78, 5) is 16.8. The molecule has 1 unspecified atom stereocenters. The number of sulfonamides is 1. The van der Waals surface area contributed by atoms with Gasteiger partial charge in [-0.3, -0.25) is 4.79 Å². The first-order chi connectivity index (χ1) is 14.9. The van der Waals surface area contributed by atoms with Crippen LogP contribution in [-0.2, 0) is 26.1 Å². The molecule has 0 spiro atoms. The molecule has 0 saturated carbocycles. The Bertz CT molecular complexity index is 960. The van der Waals surface area contributed by atoms with Crippen LogP contribution in [0.1, 0.15) is 36.1 Å². The van der Waals surface area contributed by atoms with Crippen LogP contribution in [0.25, 0.3) is 0 Å². The van der Waals surface area contributed by atoms with Gasteiger partial charge in [-0.15, -0.1) is 11.3 Å². The van der Waals surface area contributed by atoms with Crippen LogP contribution < -0.4 is 0 Å². The number of aryl methyl sites for hydroxylation is 1. The number of carbonyl (C=O) groups excluding carboxylic acids is 1. The van der Waals surface area contributed by atoms with Crippen molar-refractivity contribution in [2.24, 2.45) is 5.92 Å². The Labute approximate surface area is 188 Å². The van der Waals surface area contributed by atoms with Crippen molar-refractivity contribution in [3.05, 3.63) is 52.2 Å². The number of rotatable bonds is 7. The maximum atomic E-state index is 13.4. The molecule has 1 amide bonds. The average molecular weight is 463 g/mol.